The van der Waals surface area contributed by atoms with Crippen molar-refractivity contribution in [3.05, 3.63) is 35.9 Å². The van der Waals surface area contributed by atoms with E-state index in [1.807, 2.05) is 27.0 Å². The van der Waals surface area contributed by atoms with Gasteiger partial charge in [0, 0.05) is 25.6 Å². The largest absolute Gasteiger partial charge is 0.591 e. The van der Waals surface area contributed by atoms with Gasteiger partial charge in [0.1, 0.15) is 16.1 Å². The van der Waals surface area contributed by atoms with E-state index < -0.39 is 11.4 Å². The van der Waals surface area contributed by atoms with Gasteiger partial charge in [-0.2, -0.15) is 0 Å². The molecule has 2 aliphatic rings. The van der Waals surface area contributed by atoms with Crippen molar-refractivity contribution in [2.45, 2.75) is 44.9 Å². The highest BCUT2D eigenvalue weighted by Gasteiger charge is 2.41. The average Bonchev–Trinajstić information content (AvgIpc) is 2.74. The van der Waals surface area contributed by atoms with Crippen molar-refractivity contribution in [3.8, 4) is 0 Å². The summed E-state index contributed by atoms with van der Waals surface area (Å²) in [5.74, 6) is 1.88. The maximum atomic E-state index is 12.1. The summed E-state index contributed by atoms with van der Waals surface area (Å²) in [6.07, 6.45) is 4.60. The van der Waals surface area contributed by atoms with Crippen molar-refractivity contribution in [2.24, 2.45) is 22.2 Å². The van der Waals surface area contributed by atoms with Crippen LogP contribution in [-0.4, -0.2) is 33.5 Å². The number of nitrogens with zero attached hydrogens (tertiary/aromatic N) is 2. The maximum absolute atomic E-state index is 12.1. The lowest BCUT2D eigenvalue weighted by molar-refractivity contribution is 0.136. The summed E-state index contributed by atoms with van der Waals surface area (Å²) < 4.78 is 16.3. The number of likely N-dealkylation sites (tertiary alicyclic amines) is 1. The molecule has 4 atom stereocenters. The molecule has 1 aromatic carbocycles. The molecular formula is C19H28N2OS. The Bertz CT molecular complexity index is 526. The molecule has 23 heavy (non-hydrogen) atoms. The minimum absolute atomic E-state index is 0.260. The van der Waals surface area contributed by atoms with Crippen LogP contribution in [0.1, 0.15) is 39.2 Å². The van der Waals surface area contributed by atoms with Crippen LogP contribution in [0.5, 0.6) is 0 Å². The summed E-state index contributed by atoms with van der Waals surface area (Å²) in [5, 5.41) is 0. The molecule has 0 spiro atoms. The predicted octanol–water partition coefficient (Wildman–Crippen LogP) is 3.68. The van der Waals surface area contributed by atoms with E-state index in [4.69, 9.17) is 0 Å². The molecule has 1 heterocycles. The average molecular weight is 333 g/mol. The van der Waals surface area contributed by atoms with Gasteiger partial charge in [-0.15, -0.1) is 0 Å². The number of hydrogen-bond donors (Lipinski definition) is 0. The minimum Gasteiger partial charge on any atom is -0.591 e. The zero-order valence-corrected chi connectivity index (χ0v) is 15.3. The van der Waals surface area contributed by atoms with Crippen molar-refractivity contribution < 1.29 is 4.55 Å². The molecule has 1 saturated heterocycles. The van der Waals surface area contributed by atoms with Gasteiger partial charge in [-0.25, -0.2) is 0 Å². The van der Waals surface area contributed by atoms with Crippen LogP contribution in [0.4, 0.5) is 0 Å². The summed E-state index contributed by atoms with van der Waals surface area (Å²) in [6, 6.07) is 10.7. The van der Waals surface area contributed by atoms with Crippen LogP contribution >= 0.6 is 0 Å². The van der Waals surface area contributed by atoms with E-state index in [0.717, 1.165) is 19.6 Å². The minimum atomic E-state index is -1.13. The van der Waals surface area contributed by atoms with Crippen molar-refractivity contribution in [2.75, 3.05) is 13.1 Å². The van der Waals surface area contributed by atoms with E-state index in [9.17, 15) is 4.55 Å². The van der Waals surface area contributed by atoms with Crippen LogP contribution in [0.2, 0.25) is 0 Å². The molecule has 126 valence electrons. The van der Waals surface area contributed by atoms with Gasteiger partial charge in [-0.1, -0.05) is 34.7 Å². The fraction of sp³-hybridized carbons (Fsp3) is 0.632. The van der Waals surface area contributed by atoms with Crippen molar-refractivity contribution in [1.29, 1.82) is 0 Å². The van der Waals surface area contributed by atoms with Gasteiger partial charge in [0.05, 0.1) is 6.21 Å². The molecule has 1 saturated carbocycles. The molecular weight excluding hydrogens is 304 g/mol. The number of benzene rings is 1. The van der Waals surface area contributed by atoms with Gasteiger partial charge in [-0.05, 0) is 51.0 Å². The zero-order valence-electron chi connectivity index (χ0n) is 14.4. The summed E-state index contributed by atoms with van der Waals surface area (Å²) >= 11 is -1.13. The lowest BCUT2D eigenvalue weighted by atomic mass is 9.86. The molecule has 2 fully saturated rings. The second kappa shape index (κ2) is 6.96. The molecule has 0 amide bonds. The summed E-state index contributed by atoms with van der Waals surface area (Å²) in [7, 11) is 0. The topological polar surface area (TPSA) is 38.7 Å². The Morgan fingerprint density at radius 3 is 2.35 bits per heavy atom. The summed E-state index contributed by atoms with van der Waals surface area (Å²) in [6.45, 7) is 9.28. The third-order valence-corrected chi connectivity index (χ3v) is 6.44. The second-order valence-corrected chi connectivity index (χ2v) is 9.90. The number of piperidine rings is 1. The highest BCUT2D eigenvalue weighted by Crippen LogP contribution is 2.41. The first-order valence-corrected chi connectivity index (χ1v) is 9.76. The highest BCUT2D eigenvalue weighted by atomic mass is 32.2. The maximum Gasteiger partial charge on any atom is 0.144 e. The van der Waals surface area contributed by atoms with Crippen LogP contribution in [0, 0.1) is 17.8 Å². The van der Waals surface area contributed by atoms with Crippen LogP contribution in [0.15, 0.2) is 34.7 Å². The molecule has 4 heteroatoms. The van der Waals surface area contributed by atoms with Crippen LogP contribution in [0.25, 0.3) is 0 Å². The molecule has 2 bridgehead atoms. The monoisotopic (exact) mass is 332 g/mol. The molecule has 0 aromatic heterocycles. The molecule has 0 N–H and O–H groups in total. The first-order chi connectivity index (χ1) is 10.9. The van der Waals surface area contributed by atoms with Crippen LogP contribution in [0.3, 0.4) is 0 Å². The number of rotatable bonds is 4. The zero-order chi connectivity index (χ0) is 16.4. The van der Waals surface area contributed by atoms with Gasteiger partial charge in [0.25, 0.3) is 0 Å². The molecule has 1 unspecified atom stereocenters. The molecule has 3 rings (SSSR count). The molecule has 0 radical (unpaired) electrons. The van der Waals surface area contributed by atoms with Gasteiger partial charge in [0.15, 0.2) is 0 Å². The lowest BCUT2D eigenvalue weighted by Crippen LogP contribution is -2.42. The Morgan fingerprint density at radius 2 is 1.78 bits per heavy atom. The van der Waals surface area contributed by atoms with E-state index in [-0.39, 0.29) is 4.75 Å². The number of hydrogen-bond acceptors (Lipinski definition) is 3. The fourth-order valence-electron chi connectivity index (χ4n) is 3.86. The van der Waals surface area contributed by atoms with E-state index in [2.05, 4.69) is 39.6 Å². The molecule has 1 aliphatic heterocycles. The molecule has 1 aliphatic carbocycles. The van der Waals surface area contributed by atoms with Gasteiger partial charge in [0.2, 0.25) is 0 Å². The van der Waals surface area contributed by atoms with Crippen LogP contribution in [-0.2, 0) is 17.9 Å². The van der Waals surface area contributed by atoms with Gasteiger partial charge < -0.3 is 4.55 Å². The summed E-state index contributed by atoms with van der Waals surface area (Å²) in [4.78, 5) is 2.59. The smallest absolute Gasteiger partial charge is 0.144 e. The Hall–Kier alpha value is -0.840. The summed E-state index contributed by atoms with van der Waals surface area (Å²) in [5.41, 5.74) is 1.40. The number of fused-ring (bicyclic) bond motifs is 2. The third kappa shape index (κ3) is 4.17. The normalized spacial score (nSPS) is 30.0. The van der Waals surface area contributed by atoms with Gasteiger partial charge in [-0.3, -0.25) is 4.90 Å². The van der Waals surface area contributed by atoms with E-state index in [1.165, 1.54) is 18.4 Å². The van der Waals surface area contributed by atoms with Crippen molar-refractivity contribution in [3.63, 3.8) is 0 Å². The SMILES string of the molecule is CC(C)(C)[S+]([O-])/N=C/[C@@H]1[C@@H]2CC[C@H]1CN(Cc1ccccc1)C2. The van der Waals surface area contributed by atoms with Crippen molar-refractivity contribution >= 4 is 17.6 Å². The standard InChI is InChI=1S/C19H28N2OS/c1-19(2,3)23(22)20-11-18-16-9-10-17(18)14-21(13-16)12-15-7-5-4-6-8-15/h4-8,11,16-18H,9-10,12-14H2,1-3H3/b20-11+/t16-,17+,18-,23?. The van der Waals surface area contributed by atoms with E-state index in [0.29, 0.717) is 17.8 Å². The highest BCUT2D eigenvalue weighted by molar-refractivity contribution is 7.91. The third-order valence-electron chi connectivity index (χ3n) is 5.08. The van der Waals surface area contributed by atoms with Crippen LogP contribution < -0.4 is 0 Å². The molecule has 3 nitrogen and oxygen atoms in total. The van der Waals surface area contributed by atoms with E-state index >= 15 is 0 Å². The Balaban J connectivity index is 1.60. The first-order valence-electron chi connectivity index (χ1n) is 8.66. The predicted molar refractivity (Wildman–Crippen MR) is 97.8 cm³/mol. The van der Waals surface area contributed by atoms with E-state index in [1.54, 1.807) is 0 Å². The Kier molecular flexibility index (Phi) is 5.14. The fourth-order valence-corrected chi connectivity index (χ4v) is 4.43. The lowest BCUT2D eigenvalue weighted by Gasteiger charge is -2.36. The second-order valence-electron chi connectivity index (χ2n) is 7.97. The Labute approximate surface area is 143 Å². The van der Waals surface area contributed by atoms with Gasteiger partial charge >= 0.3 is 0 Å². The molecule has 1 aromatic rings. The Morgan fingerprint density at radius 1 is 1.17 bits per heavy atom. The van der Waals surface area contributed by atoms with Crippen molar-refractivity contribution in [1.82, 2.24) is 4.90 Å². The quantitative estimate of drug-likeness (QED) is 0.623. The first kappa shape index (κ1) is 17.0.